The number of fused-ring (bicyclic) bond motifs is 2. The Morgan fingerprint density at radius 3 is 1.68 bits per heavy atom. The van der Waals surface area contributed by atoms with Gasteiger partial charge in [0.05, 0.1) is 22.1 Å². The number of aromatic nitrogens is 4. The van der Waals surface area contributed by atoms with Gasteiger partial charge in [-0.2, -0.15) is 0 Å². The lowest BCUT2D eigenvalue weighted by Crippen LogP contribution is -2.34. The minimum absolute atomic E-state index is 0.0241. The van der Waals surface area contributed by atoms with Crippen LogP contribution in [-0.4, -0.2) is 31.2 Å². The van der Waals surface area contributed by atoms with Gasteiger partial charge in [0.2, 0.25) is 0 Å². The molecule has 0 bridgehead atoms. The van der Waals surface area contributed by atoms with E-state index in [2.05, 4.69) is 73.4 Å². The van der Waals surface area contributed by atoms with E-state index < -0.39 is 0 Å². The molecule has 4 aromatic rings. The number of nitrogens with zero attached hydrogens (tertiary/aromatic N) is 4. The van der Waals surface area contributed by atoms with Crippen LogP contribution < -0.4 is 16.4 Å². The van der Waals surface area contributed by atoms with Gasteiger partial charge < -0.3 is 25.5 Å². The lowest BCUT2D eigenvalue weighted by Gasteiger charge is -2.27. The second kappa shape index (κ2) is 16.2. The summed E-state index contributed by atoms with van der Waals surface area (Å²) < 4.78 is 4.93. The number of anilines is 2. The highest BCUT2D eigenvalue weighted by Gasteiger charge is 2.29. The van der Waals surface area contributed by atoms with E-state index in [4.69, 9.17) is 15.7 Å². The third-order valence-corrected chi connectivity index (χ3v) is 11.5. The molecule has 2 aromatic carbocycles. The Balaban J connectivity index is 0.000000200. The van der Waals surface area contributed by atoms with Crippen LogP contribution >= 0.6 is 0 Å². The maximum atomic E-state index is 12.1. The summed E-state index contributed by atoms with van der Waals surface area (Å²) in [4.78, 5) is 22.1. The standard InChI is InChI=1S/C23H36N4O.C19H29N3/c1-6-23(4,5)21-26-19-14-18(25-22(28)24-16(2)3)12-13-20(19)27(21)15-17-10-8-7-9-11-17;1-4-19(2,3)18-21-16-12-15(20)10-11-17(16)22(18)13-14-8-6-5-7-9-14/h12-14,16-17H,6-11,15H2,1-5H3,(H2,24,25,28);10-12,14H,4-9,13,20H2,1-3H3. The van der Waals surface area contributed by atoms with Gasteiger partial charge in [0.1, 0.15) is 11.6 Å². The Bertz CT molecular complexity index is 1720. The molecule has 50 heavy (non-hydrogen) atoms. The molecule has 274 valence electrons. The molecule has 2 saturated carbocycles. The minimum atomic E-state index is -0.176. The maximum Gasteiger partial charge on any atom is 0.319 e. The molecule has 0 radical (unpaired) electrons. The number of nitrogens with one attached hydrogen (secondary N) is 2. The number of carbonyl (C=O) groups excluding carboxylic acids is 1. The molecule has 0 aliphatic heterocycles. The van der Waals surface area contributed by atoms with Crippen molar-refractivity contribution in [1.29, 1.82) is 0 Å². The topological polar surface area (TPSA) is 103 Å². The summed E-state index contributed by atoms with van der Waals surface area (Å²) in [5.41, 5.74) is 12.1. The summed E-state index contributed by atoms with van der Waals surface area (Å²) >= 11 is 0. The number of hydrogen-bond acceptors (Lipinski definition) is 4. The predicted molar refractivity (Wildman–Crippen MR) is 211 cm³/mol. The second-order valence-corrected chi connectivity index (χ2v) is 16.8. The minimum Gasteiger partial charge on any atom is -0.399 e. The Morgan fingerprint density at radius 2 is 1.22 bits per heavy atom. The zero-order valence-electron chi connectivity index (χ0n) is 32.4. The zero-order valence-corrected chi connectivity index (χ0v) is 32.4. The molecular formula is C42H65N7O. The van der Waals surface area contributed by atoms with E-state index in [1.165, 1.54) is 86.9 Å². The van der Waals surface area contributed by atoms with Crippen LogP contribution in [-0.2, 0) is 23.9 Å². The highest BCUT2D eigenvalue weighted by molar-refractivity contribution is 5.92. The highest BCUT2D eigenvalue weighted by atomic mass is 16.2. The molecule has 2 heterocycles. The lowest BCUT2D eigenvalue weighted by atomic mass is 9.87. The Kier molecular flexibility index (Phi) is 12.2. The molecule has 2 amide bonds. The Morgan fingerprint density at radius 1 is 0.760 bits per heavy atom. The van der Waals surface area contributed by atoms with Crippen molar-refractivity contribution in [2.24, 2.45) is 11.8 Å². The smallest absolute Gasteiger partial charge is 0.319 e. The fourth-order valence-corrected chi connectivity index (χ4v) is 7.76. The van der Waals surface area contributed by atoms with Crippen molar-refractivity contribution in [2.45, 2.75) is 162 Å². The highest BCUT2D eigenvalue weighted by Crippen LogP contribution is 2.35. The van der Waals surface area contributed by atoms with Gasteiger partial charge in [0.25, 0.3) is 0 Å². The van der Waals surface area contributed by atoms with Gasteiger partial charge in [0, 0.05) is 41.3 Å². The molecule has 0 unspecified atom stereocenters. The van der Waals surface area contributed by atoms with Crippen molar-refractivity contribution in [3.8, 4) is 0 Å². The Labute approximate surface area is 301 Å². The first-order valence-electron chi connectivity index (χ1n) is 19.7. The molecule has 8 heteroatoms. The monoisotopic (exact) mass is 684 g/mol. The summed E-state index contributed by atoms with van der Waals surface area (Å²) in [6.45, 7) is 19.7. The maximum absolute atomic E-state index is 12.1. The first kappa shape index (κ1) is 37.7. The van der Waals surface area contributed by atoms with Crippen molar-refractivity contribution in [3.63, 3.8) is 0 Å². The van der Waals surface area contributed by atoms with E-state index in [1.807, 2.05) is 38.1 Å². The fourth-order valence-electron chi connectivity index (χ4n) is 7.76. The third kappa shape index (κ3) is 9.02. The summed E-state index contributed by atoms with van der Waals surface area (Å²) in [7, 11) is 0. The summed E-state index contributed by atoms with van der Waals surface area (Å²) in [6.07, 6.45) is 15.8. The van der Waals surface area contributed by atoms with Crippen molar-refractivity contribution >= 4 is 39.5 Å². The van der Waals surface area contributed by atoms with Crippen LogP contribution in [0.1, 0.15) is 144 Å². The van der Waals surface area contributed by atoms with Gasteiger partial charge in [-0.3, -0.25) is 0 Å². The van der Waals surface area contributed by atoms with Crippen LogP contribution in [0.25, 0.3) is 22.1 Å². The average molecular weight is 684 g/mol. The summed E-state index contributed by atoms with van der Waals surface area (Å²) in [6, 6.07) is 12.2. The number of hydrogen-bond donors (Lipinski definition) is 3. The largest absolute Gasteiger partial charge is 0.399 e. The van der Waals surface area contributed by atoms with Crippen LogP contribution in [0.3, 0.4) is 0 Å². The van der Waals surface area contributed by atoms with E-state index in [-0.39, 0.29) is 22.9 Å². The van der Waals surface area contributed by atoms with E-state index in [9.17, 15) is 4.79 Å². The van der Waals surface area contributed by atoms with E-state index in [1.54, 1.807) is 0 Å². The number of amides is 2. The number of imidazole rings is 2. The molecule has 8 nitrogen and oxygen atoms in total. The summed E-state index contributed by atoms with van der Waals surface area (Å²) in [5.74, 6) is 3.93. The van der Waals surface area contributed by atoms with Crippen LogP contribution in [0.2, 0.25) is 0 Å². The molecule has 2 fully saturated rings. The molecule has 2 aliphatic carbocycles. The molecule has 6 rings (SSSR count). The van der Waals surface area contributed by atoms with Crippen molar-refractivity contribution in [3.05, 3.63) is 48.0 Å². The quantitative estimate of drug-likeness (QED) is 0.145. The van der Waals surface area contributed by atoms with Crippen LogP contribution in [0.5, 0.6) is 0 Å². The number of rotatable bonds is 10. The third-order valence-electron chi connectivity index (χ3n) is 11.5. The molecule has 2 aromatic heterocycles. The number of urea groups is 1. The van der Waals surface area contributed by atoms with E-state index in [0.29, 0.717) is 0 Å². The first-order chi connectivity index (χ1) is 23.8. The first-order valence-corrected chi connectivity index (χ1v) is 19.7. The van der Waals surface area contributed by atoms with Crippen molar-refractivity contribution < 1.29 is 4.79 Å². The molecule has 0 spiro atoms. The van der Waals surface area contributed by atoms with Gasteiger partial charge in [-0.1, -0.05) is 80.1 Å². The molecule has 0 saturated heterocycles. The van der Waals surface area contributed by atoms with E-state index in [0.717, 1.165) is 60.2 Å². The number of nitrogens with two attached hydrogens (primary N) is 1. The molecule has 0 atom stereocenters. The second-order valence-electron chi connectivity index (χ2n) is 16.8. The molecule has 4 N–H and O–H groups in total. The van der Waals surface area contributed by atoms with Gasteiger partial charge in [-0.25, -0.2) is 14.8 Å². The SMILES string of the molecule is CCC(C)(C)c1nc2cc(N)ccc2n1CC1CCCCC1.CCC(C)(C)c1nc2cc(NC(=O)NC(C)C)ccc2n1CC1CCCCC1. The van der Waals surface area contributed by atoms with Crippen molar-refractivity contribution in [2.75, 3.05) is 11.1 Å². The van der Waals surface area contributed by atoms with Crippen LogP contribution in [0.4, 0.5) is 16.2 Å². The van der Waals surface area contributed by atoms with Crippen LogP contribution in [0.15, 0.2) is 36.4 Å². The van der Waals surface area contributed by atoms with Crippen LogP contribution in [0, 0.1) is 11.8 Å². The average Bonchev–Trinajstić information content (AvgIpc) is 3.64. The van der Waals surface area contributed by atoms with Gasteiger partial charge in [-0.15, -0.1) is 0 Å². The lowest BCUT2D eigenvalue weighted by molar-refractivity contribution is 0.250. The van der Waals surface area contributed by atoms with Gasteiger partial charge in [-0.05, 0) is 101 Å². The predicted octanol–water partition coefficient (Wildman–Crippen LogP) is 10.7. The van der Waals surface area contributed by atoms with Gasteiger partial charge >= 0.3 is 6.03 Å². The van der Waals surface area contributed by atoms with Gasteiger partial charge in [0.15, 0.2) is 0 Å². The normalized spacial score (nSPS) is 16.5. The number of benzene rings is 2. The number of carbonyl (C=O) groups is 1. The summed E-state index contributed by atoms with van der Waals surface area (Å²) in [5, 5.41) is 5.80. The molecular weight excluding hydrogens is 619 g/mol. The zero-order chi connectivity index (χ0) is 36.1. The van der Waals surface area contributed by atoms with Crippen molar-refractivity contribution in [1.82, 2.24) is 24.4 Å². The van der Waals surface area contributed by atoms with E-state index >= 15 is 0 Å². The molecule has 2 aliphatic rings. The Hall–Kier alpha value is -3.55. The number of nitrogen functional groups attached to an aromatic ring is 1. The fraction of sp³-hybridized carbons (Fsp3) is 0.643.